The van der Waals surface area contributed by atoms with Gasteiger partial charge in [-0.05, 0) is 60.1 Å². The van der Waals surface area contributed by atoms with E-state index in [4.69, 9.17) is 23.2 Å². The van der Waals surface area contributed by atoms with E-state index in [1.54, 1.807) is 36.2 Å². The Morgan fingerprint density at radius 3 is 2.10 bits per heavy atom. The number of hydrogen-bond donors (Lipinski definition) is 2. The predicted molar refractivity (Wildman–Crippen MR) is 112 cm³/mol. The van der Waals surface area contributed by atoms with Gasteiger partial charge in [0.2, 0.25) is 5.28 Å². The maximum atomic E-state index is 12.2. The van der Waals surface area contributed by atoms with E-state index in [0.717, 1.165) is 17.8 Å². The SMILES string of the molecule is CN(c1ccc(NC(=O)Nc2ccc(OC(F)(F)F)cc2)cc1)c1nc(Cl)ncc1Cl. The Balaban J connectivity index is 1.60. The molecular formula is C19H14Cl2F3N5O2. The minimum atomic E-state index is -4.78. The van der Waals surface area contributed by atoms with Gasteiger partial charge in [0.15, 0.2) is 5.82 Å². The molecule has 7 nitrogen and oxygen atoms in total. The molecule has 0 unspecified atom stereocenters. The predicted octanol–water partition coefficient (Wildman–Crippen LogP) is 6.09. The normalized spacial score (nSPS) is 11.0. The molecule has 0 saturated carbocycles. The van der Waals surface area contributed by atoms with Crippen LogP contribution in [0.3, 0.4) is 0 Å². The molecule has 0 fully saturated rings. The quantitative estimate of drug-likeness (QED) is 0.439. The van der Waals surface area contributed by atoms with Crippen LogP contribution in [-0.2, 0) is 0 Å². The van der Waals surface area contributed by atoms with Crippen molar-refractivity contribution in [2.75, 3.05) is 22.6 Å². The molecule has 0 bridgehead atoms. The van der Waals surface area contributed by atoms with Crippen molar-refractivity contribution in [3.05, 3.63) is 65.0 Å². The van der Waals surface area contributed by atoms with Crippen molar-refractivity contribution < 1.29 is 22.7 Å². The van der Waals surface area contributed by atoms with Crippen molar-refractivity contribution >= 4 is 52.1 Å². The number of anilines is 4. The second-order valence-electron chi connectivity index (χ2n) is 6.07. The molecule has 162 valence electrons. The van der Waals surface area contributed by atoms with E-state index in [1.807, 2.05) is 0 Å². The van der Waals surface area contributed by atoms with Crippen molar-refractivity contribution in [3.8, 4) is 5.75 Å². The maximum absolute atomic E-state index is 12.2. The summed E-state index contributed by atoms with van der Waals surface area (Å²) in [6.45, 7) is 0. The lowest BCUT2D eigenvalue weighted by atomic mass is 10.2. The van der Waals surface area contributed by atoms with Gasteiger partial charge in [0.05, 0.1) is 6.20 Å². The smallest absolute Gasteiger partial charge is 0.406 e. The molecule has 0 saturated heterocycles. The van der Waals surface area contributed by atoms with Gasteiger partial charge in [-0.1, -0.05) is 11.6 Å². The molecule has 2 N–H and O–H groups in total. The number of carbonyl (C=O) groups is 1. The third kappa shape index (κ3) is 6.37. The van der Waals surface area contributed by atoms with Crippen LogP contribution in [0.1, 0.15) is 0 Å². The first-order valence-corrected chi connectivity index (χ1v) is 9.32. The van der Waals surface area contributed by atoms with Crippen LogP contribution in [0.15, 0.2) is 54.7 Å². The third-order valence-corrected chi connectivity index (χ3v) is 4.32. The van der Waals surface area contributed by atoms with E-state index in [0.29, 0.717) is 22.2 Å². The number of amides is 2. The van der Waals surface area contributed by atoms with Gasteiger partial charge in [-0.15, -0.1) is 13.2 Å². The number of nitrogens with one attached hydrogen (secondary N) is 2. The third-order valence-electron chi connectivity index (χ3n) is 3.87. The number of hydrogen-bond acceptors (Lipinski definition) is 5. The second-order valence-corrected chi connectivity index (χ2v) is 6.81. The lowest BCUT2D eigenvalue weighted by molar-refractivity contribution is -0.274. The van der Waals surface area contributed by atoms with E-state index in [9.17, 15) is 18.0 Å². The number of rotatable bonds is 5. The van der Waals surface area contributed by atoms with Crippen LogP contribution >= 0.6 is 23.2 Å². The van der Waals surface area contributed by atoms with E-state index in [2.05, 4.69) is 25.3 Å². The minimum absolute atomic E-state index is 0.0548. The summed E-state index contributed by atoms with van der Waals surface area (Å²) in [5, 5.41) is 5.50. The standard InChI is InChI=1S/C19H14Cl2F3N5O2/c1-29(16-15(20)10-25-17(21)28-16)13-6-2-11(3-7-13)26-18(30)27-12-4-8-14(9-5-12)31-19(22,23)24/h2-10H,1H3,(H2,26,27,30). The summed E-state index contributed by atoms with van der Waals surface area (Å²) in [5.41, 5.74) is 1.50. The van der Waals surface area contributed by atoms with Gasteiger partial charge in [0, 0.05) is 24.1 Å². The van der Waals surface area contributed by atoms with Gasteiger partial charge < -0.3 is 20.3 Å². The van der Waals surface area contributed by atoms with E-state index >= 15 is 0 Å². The molecule has 3 rings (SSSR count). The number of nitrogens with zero attached hydrogens (tertiary/aromatic N) is 3. The maximum Gasteiger partial charge on any atom is 0.573 e. The van der Waals surface area contributed by atoms with Gasteiger partial charge in [-0.2, -0.15) is 4.98 Å². The number of urea groups is 1. The summed E-state index contributed by atoms with van der Waals surface area (Å²) in [6.07, 6.45) is -3.39. The molecule has 0 atom stereocenters. The lowest BCUT2D eigenvalue weighted by Crippen LogP contribution is -2.20. The molecule has 31 heavy (non-hydrogen) atoms. The Morgan fingerprint density at radius 2 is 1.55 bits per heavy atom. The Morgan fingerprint density at radius 1 is 1.00 bits per heavy atom. The highest BCUT2D eigenvalue weighted by Crippen LogP contribution is 2.30. The summed E-state index contributed by atoms with van der Waals surface area (Å²) in [5.74, 6) is 0.0290. The summed E-state index contributed by atoms with van der Waals surface area (Å²) in [6, 6.07) is 11.0. The molecule has 2 amide bonds. The van der Waals surface area contributed by atoms with Gasteiger partial charge >= 0.3 is 12.4 Å². The number of benzene rings is 2. The van der Waals surface area contributed by atoms with E-state index in [-0.39, 0.29) is 11.0 Å². The Hall–Kier alpha value is -3.24. The Labute approximate surface area is 184 Å². The van der Waals surface area contributed by atoms with Crippen LogP contribution in [0.5, 0.6) is 5.75 Å². The topological polar surface area (TPSA) is 79.4 Å². The Kier molecular flexibility index (Phi) is 6.71. The van der Waals surface area contributed by atoms with Crippen LogP contribution in [0, 0.1) is 0 Å². The van der Waals surface area contributed by atoms with Crippen molar-refractivity contribution in [2.45, 2.75) is 6.36 Å². The largest absolute Gasteiger partial charge is 0.573 e. The van der Waals surface area contributed by atoms with Crippen molar-refractivity contribution in [2.24, 2.45) is 0 Å². The van der Waals surface area contributed by atoms with Crippen LogP contribution in [0.4, 0.5) is 40.8 Å². The first kappa shape index (κ1) is 22.4. The molecule has 0 spiro atoms. The van der Waals surface area contributed by atoms with Crippen molar-refractivity contribution in [1.82, 2.24) is 9.97 Å². The van der Waals surface area contributed by atoms with Gasteiger partial charge in [0.1, 0.15) is 10.8 Å². The number of carbonyl (C=O) groups excluding carboxylic acids is 1. The highest BCUT2D eigenvalue weighted by atomic mass is 35.5. The molecule has 12 heteroatoms. The number of alkyl halides is 3. The van der Waals surface area contributed by atoms with E-state index in [1.165, 1.54) is 18.3 Å². The fraction of sp³-hybridized carbons (Fsp3) is 0.105. The molecular weight excluding hydrogens is 458 g/mol. The van der Waals surface area contributed by atoms with Crippen LogP contribution in [0.25, 0.3) is 0 Å². The summed E-state index contributed by atoms with van der Waals surface area (Å²) in [7, 11) is 1.74. The first-order chi connectivity index (χ1) is 14.6. The lowest BCUT2D eigenvalue weighted by Gasteiger charge is -2.19. The van der Waals surface area contributed by atoms with Gasteiger partial charge in [-0.3, -0.25) is 0 Å². The number of aromatic nitrogens is 2. The van der Waals surface area contributed by atoms with Crippen LogP contribution in [-0.4, -0.2) is 29.4 Å². The Bertz CT molecular complexity index is 1060. The van der Waals surface area contributed by atoms with Crippen molar-refractivity contribution in [1.29, 1.82) is 0 Å². The number of ether oxygens (including phenoxy) is 1. The molecule has 1 aromatic heterocycles. The first-order valence-electron chi connectivity index (χ1n) is 8.56. The molecule has 0 radical (unpaired) electrons. The zero-order valence-electron chi connectivity index (χ0n) is 15.7. The average molecular weight is 472 g/mol. The highest BCUT2D eigenvalue weighted by Gasteiger charge is 2.30. The summed E-state index contributed by atoms with van der Waals surface area (Å²) < 4.78 is 40.3. The molecule has 1 heterocycles. The second kappa shape index (κ2) is 9.27. The fourth-order valence-corrected chi connectivity index (χ4v) is 2.84. The van der Waals surface area contributed by atoms with Gasteiger partial charge in [-0.25, -0.2) is 9.78 Å². The molecule has 3 aromatic rings. The average Bonchev–Trinajstić information content (AvgIpc) is 2.70. The fourth-order valence-electron chi connectivity index (χ4n) is 2.50. The van der Waals surface area contributed by atoms with Crippen molar-refractivity contribution in [3.63, 3.8) is 0 Å². The van der Waals surface area contributed by atoms with Gasteiger partial charge in [0.25, 0.3) is 0 Å². The highest BCUT2D eigenvalue weighted by molar-refractivity contribution is 6.33. The summed E-state index contributed by atoms with van der Waals surface area (Å²) in [4.78, 5) is 21.7. The molecule has 0 aliphatic heterocycles. The van der Waals surface area contributed by atoms with Crippen LogP contribution < -0.4 is 20.3 Å². The summed E-state index contributed by atoms with van der Waals surface area (Å²) >= 11 is 11.9. The monoisotopic (exact) mass is 471 g/mol. The molecule has 0 aliphatic carbocycles. The van der Waals surface area contributed by atoms with E-state index < -0.39 is 12.4 Å². The zero-order valence-corrected chi connectivity index (χ0v) is 17.3. The molecule has 2 aromatic carbocycles. The number of halogens is 5. The zero-order chi connectivity index (χ0) is 22.6. The molecule has 0 aliphatic rings. The minimum Gasteiger partial charge on any atom is -0.406 e. The van der Waals surface area contributed by atoms with Crippen LogP contribution in [0.2, 0.25) is 10.3 Å².